The molecular formula is C20H14Cl2N4O6S3. The van der Waals surface area contributed by atoms with Crippen molar-refractivity contribution in [3.8, 4) is 5.69 Å². The molecule has 4 rings (SSSR count). The van der Waals surface area contributed by atoms with Crippen molar-refractivity contribution < 1.29 is 22.5 Å². The number of fused-ring (bicyclic) bond motifs is 1. The number of urea groups is 1. The second kappa shape index (κ2) is 10.6. The van der Waals surface area contributed by atoms with Crippen molar-refractivity contribution in [3.63, 3.8) is 0 Å². The first-order valence-corrected chi connectivity index (χ1v) is 13.2. The van der Waals surface area contributed by atoms with Crippen LogP contribution in [0.1, 0.15) is 0 Å². The number of anilines is 1. The van der Waals surface area contributed by atoms with E-state index in [0.717, 1.165) is 23.4 Å². The maximum Gasteiger partial charge on any atom is 0.333 e. The van der Waals surface area contributed by atoms with Crippen LogP contribution >= 0.6 is 46.6 Å². The van der Waals surface area contributed by atoms with Gasteiger partial charge in [0.25, 0.3) is 15.6 Å². The molecule has 0 saturated heterocycles. The highest BCUT2D eigenvalue weighted by Gasteiger charge is 2.20. The van der Waals surface area contributed by atoms with E-state index in [4.69, 9.17) is 29.1 Å². The van der Waals surface area contributed by atoms with Crippen LogP contribution in [0.5, 0.6) is 0 Å². The highest BCUT2D eigenvalue weighted by Crippen LogP contribution is 2.27. The van der Waals surface area contributed by atoms with Gasteiger partial charge >= 0.3 is 6.03 Å². The lowest BCUT2D eigenvalue weighted by Gasteiger charge is -2.12. The van der Waals surface area contributed by atoms with E-state index in [1.54, 1.807) is 30.5 Å². The number of carbonyl (C=O) groups is 1. The minimum Gasteiger partial charge on any atom is -0.307 e. The van der Waals surface area contributed by atoms with Gasteiger partial charge in [-0.25, -0.2) is 17.9 Å². The van der Waals surface area contributed by atoms with Crippen molar-refractivity contribution in [2.75, 3.05) is 5.32 Å². The quantitative estimate of drug-likeness (QED) is 0.164. The van der Waals surface area contributed by atoms with Gasteiger partial charge in [-0.2, -0.15) is 5.90 Å². The van der Waals surface area contributed by atoms with Gasteiger partial charge in [0.05, 0.1) is 27.1 Å². The van der Waals surface area contributed by atoms with Crippen molar-refractivity contribution in [1.29, 1.82) is 0 Å². The molecule has 4 N–H and O–H groups in total. The Labute approximate surface area is 216 Å². The number of halogens is 2. The molecule has 15 heteroatoms. The third kappa shape index (κ3) is 5.79. The molecule has 0 aliphatic rings. The van der Waals surface area contributed by atoms with Crippen molar-refractivity contribution in [2.45, 2.75) is 9.10 Å². The summed E-state index contributed by atoms with van der Waals surface area (Å²) in [7, 11) is -4.09. The summed E-state index contributed by atoms with van der Waals surface area (Å²) in [5.74, 6) is 4.85. The number of nitrogens with one attached hydrogen (secondary N) is 2. The first-order chi connectivity index (χ1) is 16.7. The van der Waals surface area contributed by atoms with Crippen LogP contribution in [0, 0.1) is 0 Å². The number of nitrogens with two attached hydrogens (primary N) is 1. The molecule has 2 amide bonds. The minimum absolute atomic E-state index is 0.106. The smallest absolute Gasteiger partial charge is 0.307 e. The van der Waals surface area contributed by atoms with Crippen molar-refractivity contribution in [3.05, 3.63) is 80.5 Å². The topological polar surface area (TPSA) is 142 Å². The molecule has 0 fully saturated rings. The summed E-state index contributed by atoms with van der Waals surface area (Å²) in [6.45, 7) is 0. The largest absolute Gasteiger partial charge is 0.333 e. The average molecular weight is 573 g/mol. The summed E-state index contributed by atoms with van der Waals surface area (Å²) in [6, 6.07) is 12.9. The normalized spacial score (nSPS) is 11.5. The third-order valence-electron chi connectivity index (χ3n) is 4.55. The Morgan fingerprint density at radius 2 is 1.89 bits per heavy atom. The molecule has 2 heterocycles. The molecule has 0 spiro atoms. The number of rotatable bonds is 7. The molecule has 0 radical (unpaired) electrons. The van der Waals surface area contributed by atoms with E-state index < -0.39 is 16.1 Å². The highest BCUT2D eigenvalue weighted by molar-refractivity contribution is 7.94. The molecule has 0 aliphatic carbocycles. The van der Waals surface area contributed by atoms with E-state index in [2.05, 4.69) is 14.6 Å². The molecule has 2 aromatic heterocycles. The van der Waals surface area contributed by atoms with Gasteiger partial charge in [0.15, 0.2) is 0 Å². The van der Waals surface area contributed by atoms with Crippen LogP contribution in [0.15, 0.2) is 74.7 Å². The van der Waals surface area contributed by atoms with Gasteiger partial charge in [-0.1, -0.05) is 29.3 Å². The van der Waals surface area contributed by atoms with Crippen molar-refractivity contribution in [1.82, 2.24) is 9.29 Å². The predicted octanol–water partition coefficient (Wildman–Crippen LogP) is 4.70. The second-order valence-electron chi connectivity index (χ2n) is 6.77. The van der Waals surface area contributed by atoms with Gasteiger partial charge in [-0.05, 0) is 53.9 Å². The lowest BCUT2D eigenvalue weighted by Crippen LogP contribution is -2.33. The van der Waals surface area contributed by atoms with Gasteiger partial charge in [-0.3, -0.25) is 9.36 Å². The number of amides is 2. The van der Waals surface area contributed by atoms with Crippen molar-refractivity contribution >= 4 is 79.1 Å². The first kappa shape index (κ1) is 25.5. The number of pyridine rings is 1. The van der Waals surface area contributed by atoms with Gasteiger partial charge in [0, 0.05) is 22.2 Å². The third-order valence-corrected chi connectivity index (χ3v) is 8.50. The number of sulfonamides is 1. The lowest BCUT2D eigenvalue weighted by molar-refractivity contribution is -0.195. The molecule has 35 heavy (non-hydrogen) atoms. The maximum absolute atomic E-state index is 13.1. The Bertz CT molecular complexity index is 1590. The molecular weight excluding hydrogens is 559 g/mol. The molecule has 0 atom stereocenters. The number of hydrogen-bond donors (Lipinski definition) is 3. The van der Waals surface area contributed by atoms with E-state index in [-0.39, 0.29) is 24.8 Å². The van der Waals surface area contributed by atoms with Crippen LogP contribution in [0.2, 0.25) is 9.36 Å². The highest BCUT2D eigenvalue weighted by atomic mass is 35.5. The number of nitrogens with zero attached hydrogens (tertiary/aromatic N) is 1. The Kier molecular flexibility index (Phi) is 7.68. The number of hydrogen-bond acceptors (Lipinski definition) is 9. The fourth-order valence-electron chi connectivity index (χ4n) is 3.07. The SMILES string of the molecule is NOOSc1ccc2ccn(-c3ccc(NC(=O)NS(=O)(=O)c4ccc(Cl)s4)cc3Cl)c(=O)c2c1. The number of thiophene rings is 1. The fraction of sp³-hybridized carbons (Fsp3) is 0. The summed E-state index contributed by atoms with van der Waals surface area (Å²) in [5, 5.41) is 3.63. The second-order valence-corrected chi connectivity index (χ2v) is 11.6. The molecule has 0 bridgehead atoms. The fourth-order valence-corrected chi connectivity index (χ4v) is 6.14. The van der Waals surface area contributed by atoms with Crippen LogP contribution in [-0.4, -0.2) is 19.0 Å². The standard InChI is InChI=1S/C20H14Cl2N4O6S3/c21-15-9-12(24-20(28)25-35(29,30)18-6-5-17(22)33-18)2-4-16(15)26-8-7-11-1-3-13(34-32-31-23)10-14(11)19(26)27/h1-10H,23H2,(H2,24,25,28). The summed E-state index contributed by atoms with van der Waals surface area (Å²) >= 11 is 13.8. The van der Waals surface area contributed by atoms with E-state index in [1.807, 2.05) is 4.72 Å². The van der Waals surface area contributed by atoms with Crippen LogP contribution in [0.4, 0.5) is 10.5 Å². The Balaban J connectivity index is 1.56. The average Bonchev–Trinajstić information content (AvgIpc) is 3.26. The molecule has 0 aliphatic heterocycles. The van der Waals surface area contributed by atoms with E-state index in [1.165, 1.54) is 34.9 Å². The Morgan fingerprint density at radius 1 is 1.09 bits per heavy atom. The molecule has 10 nitrogen and oxygen atoms in total. The summed E-state index contributed by atoms with van der Waals surface area (Å²) < 4.78 is 32.6. The van der Waals surface area contributed by atoms with Crippen LogP contribution < -0.4 is 21.5 Å². The minimum atomic E-state index is -4.09. The lowest BCUT2D eigenvalue weighted by atomic mass is 10.1. The maximum atomic E-state index is 13.1. The van der Waals surface area contributed by atoms with Gasteiger partial charge < -0.3 is 5.32 Å². The summed E-state index contributed by atoms with van der Waals surface area (Å²) in [5.41, 5.74) is 0.215. The van der Waals surface area contributed by atoms with Gasteiger partial charge in [0.1, 0.15) is 4.21 Å². The number of carbonyl (C=O) groups excluding carboxylic acids is 1. The predicted molar refractivity (Wildman–Crippen MR) is 135 cm³/mol. The molecule has 0 saturated carbocycles. The Hall–Kier alpha value is -2.62. The van der Waals surface area contributed by atoms with E-state index in [0.29, 0.717) is 21.4 Å². The first-order valence-electron chi connectivity index (χ1n) is 9.42. The molecule has 182 valence electrons. The van der Waals surface area contributed by atoms with Gasteiger partial charge in [0.2, 0.25) is 0 Å². The number of benzene rings is 2. The van der Waals surface area contributed by atoms with Crippen LogP contribution in [0.3, 0.4) is 0 Å². The van der Waals surface area contributed by atoms with Crippen LogP contribution in [0.25, 0.3) is 16.5 Å². The zero-order valence-corrected chi connectivity index (χ0v) is 21.2. The monoisotopic (exact) mass is 572 g/mol. The Morgan fingerprint density at radius 3 is 2.57 bits per heavy atom. The molecule has 0 unspecified atom stereocenters. The number of aromatic nitrogens is 1. The zero-order valence-electron chi connectivity index (χ0n) is 17.2. The van der Waals surface area contributed by atoms with Crippen LogP contribution in [-0.2, 0) is 19.3 Å². The van der Waals surface area contributed by atoms with E-state index in [9.17, 15) is 18.0 Å². The van der Waals surface area contributed by atoms with Crippen molar-refractivity contribution in [2.24, 2.45) is 5.90 Å². The van der Waals surface area contributed by atoms with E-state index >= 15 is 0 Å². The zero-order chi connectivity index (χ0) is 25.2. The summed E-state index contributed by atoms with van der Waals surface area (Å²) in [6.07, 6.45) is 1.57. The molecule has 2 aromatic carbocycles. The molecule has 4 aromatic rings. The summed E-state index contributed by atoms with van der Waals surface area (Å²) in [4.78, 5) is 30.0. The van der Waals surface area contributed by atoms with Gasteiger partial charge in [-0.15, -0.1) is 20.7 Å².